The molecular formula is C17H29NO. The van der Waals surface area contributed by atoms with Gasteiger partial charge < -0.3 is 10.4 Å². The number of hydrogen-bond acceptors (Lipinski definition) is 2. The van der Waals surface area contributed by atoms with Crippen LogP contribution in [0.5, 0.6) is 0 Å². The van der Waals surface area contributed by atoms with Gasteiger partial charge >= 0.3 is 0 Å². The van der Waals surface area contributed by atoms with Gasteiger partial charge in [0.15, 0.2) is 0 Å². The Morgan fingerprint density at radius 2 is 1.63 bits per heavy atom. The highest BCUT2D eigenvalue weighted by Crippen LogP contribution is 2.28. The van der Waals surface area contributed by atoms with Crippen LogP contribution in [0.2, 0.25) is 0 Å². The van der Waals surface area contributed by atoms with Crippen LogP contribution in [0.3, 0.4) is 0 Å². The van der Waals surface area contributed by atoms with Crippen molar-refractivity contribution in [2.24, 2.45) is 5.92 Å². The first-order chi connectivity index (χ1) is 8.90. The van der Waals surface area contributed by atoms with Crippen molar-refractivity contribution in [1.29, 1.82) is 0 Å². The van der Waals surface area contributed by atoms with E-state index in [0.717, 1.165) is 12.8 Å². The van der Waals surface area contributed by atoms with Gasteiger partial charge in [-0.2, -0.15) is 0 Å². The minimum atomic E-state index is -0.709. The average Bonchev–Trinajstić information content (AvgIpc) is 2.38. The fourth-order valence-electron chi connectivity index (χ4n) is 2.40. The van der Waals surface area contributed by atoms with Crippen LogP contribution >= 0.6 is 0 Å². The first-order valence-electron chi connectivity index (χ1n) is 7.43. The number of hydrogen-bond donors (Lipinski definition) is 2. The normalized spacial score (nSPS) is 15.5. The van der Waals surface area contributed by atoms with E-state index in [1.165, 1.54) is 5.56 Å². The summed E-state index contributed by atoms with van der Waals surface area (Å²) in [5.41, 5.74) is 0.603. The summed E-state index contributed by atoms with van der Waals surface area (Å²) in [7, 11) is 0. The summed E-state index contributed by atoms with van der Waals surface area (Å²) in [5, 5.41) is 13.8. The van der Waals surface area contributed by atoms with Crippen LogP contribution in [0.4, 0.5) is 0 Å². The van der Waals surface area contributed by atoms with E-state index >= 15 is 0 Å². The molecule has 0 radical (unpaired) electrons. The van der Waals surface area contributed by atoms with E-state index in [0.29, 0.717) is 12.0 Å². The van der Waals surface area contributed by atoms with Gasteiger partial charge in [0.25, 0.3) is 0 Å². The Labute approximate surface area is 118 Å². The lowest BCUT2D eigenvalue weighted by Crippen LogP contribution is -2.47. The molecule has 0 heterocycles. The second kappa shape index (κ2) is 7.06. The molecule has 0 fully saturated rings. The molecule has 1 aromatic carbocycles. The fourth-order valence-corrected chi connectivity index (χ4v) is 2.40. The second-order valence-electron chi connectivity index (χ2n) is 6.01. The summed E-state index contributed by atoms with van der Waals surface area (Å²) in [6.45, 7) is 10.2. The summed E-state index contributed by atoms with van der Waals surface area (Å²) in [6.07, 6.45) is 2.28. The van der Waals surface area contributed by atoms with Crippen LogP contribution in [0.15, 0.2) is 30.3 Å². The largest absolute Gasteiger partial charge is 0.389 e. The lowest BCUT2D eigenvalue weighted by atomic mass is 9.87. The van der Waals surface area contributed by atoms with Gasteiger partial charge in [0.2, 0.25) is 0 Å². The lowest BCUT2D eigenvalue weighted by molar-refractivity contribution is 0.0358. The molecule has 2 unspecified atom stereocenters. The van der Waals surface area contributed by atoms with E-state index in [2.05, 4.69) is 50.4 Å². The molecular weight excluding hydrogens is 234 g/mol. The molecule has 0 saturated carbocycles. The predicted octanol–water partition coefficient (Wildman–Crippen LogP) is 3.91. The number of rotatable bonds is 7. The number of nitrogens with one attached hydrogen (secondary N) is 1. The fraction of sp³-hybridized carbons (Fsp3) is 0.647. The van der Waals surface area contributed by atoms with Gasteiger partial charge in [-0.1, -0.05) is 57.0 Å². The van der Waals surface area contributed by atoms with Gasteiger partial charge in [0.1, 0.15) is 0 Å². The maximum absolute atomic E-state index is 10.1. The standard InChI is InChI=1S/C17H29NO/c1-6-14(7-2)16(15-11-9-8-10-12-15)18-13(3)17(4,5)19/h8-14,16,18-19H,6-7H2,1-5H3. The van der Waals surface area contributed by atoms with Gasteiger partial charge in [0.05, 0.1) is 5.60 Å². The molecule has 0 aromatic heterocycles. The third-order valence-corrected chi connectivity index (χ3v) is 4.17. The molecule has 2 N–H and O–H groups in total. The van der Waals surface area contributed by atoms with Gasteiger partial charge in [-0.3, -0.25) is 0 Å². The van der Waals surface area contributed by atoms with Crippen molar-refractivity contribution in [1.82, 2.24) is 5.32 Å². The molecule has 19 heavy (non-hydrogen) atoms. The van der Waals surface area contributed by atoms with E-state index < -0.39 is 5.60 Å². The van der Waals surface area contributed by atoms with E-state index in [1.807, 2.05) is 19.9 Å². The Kier molecular flexibility index (Phi) is 6.02. The molecule has 108 valence electrons. The second-order valence-corrected chi connectivity index (χ2v) is 6.01. The third-order valence-electron chi connectivity index (χ3n) is 4.17. The van der Waals surface area contributed by atoms with Crippen molar-refractivity contribution in [2.45, 2.75) is 65.1 Å². The Bertz CT molecular complexity index is 351. The first kappa shape index (κ1) is 16.2. The van der Waals surface area contributed by atoms with Crippen molar-refractivity contribution in [3.63, 3.8) is 0 Å². The molecule has 1 aromatic rings. The van der Waals surface area contributed by atoms with Crippen LogP contribution < -0.4 is 5.32 Å². The quantitative estimate of drug-likeness (QED) is 0.781. The SMILES string of the molecule is CCC(CC)C(NC(C)C(C)(C)O)c1ccccc1. The smallest absolute Gasteiger partial charge is 0.0741 e. The molecule has 0 aliphatic heterocycles. The summed E-state index contributed by atoms with van der Waals surface area (Å²) in [4.78, 5) is 0. The van der Waals surface area contributed by atoms with Gasteiger partial charge in [0, 0.05) is 12.1 Å². The molecule has 0 saturated heterocycles. The van der Waals surface area contributed by atoms with Crippen molar-refractivity contribution < 1.29 is 5.11 Å². The van der Waals surface area contributed by atoms with Crippen molar-refractivity contribution in [2.75, 3.05) is 0 Å². The topological polar surface area (TPSA) is 32.3 Å². The Balaban J connectivity index is 2.94. The van der Waals surface area contributed by atoms with Crippen molar-refractivity contribution >= 4 is 0 Å². The maximum Gasteiger partial charge on any atom is 0.0741 e. The third kappa shape index (κ3) is 4.63. The summed E-state index contributed by atoms with van der Waals surface area (Å²) < 4.78 is 0. The summed E-state index contributed by atoms with van der Waals surface area (Å²) in [6, 6.07) is 10.9. The highest BCUT2D eigenvalue weighted by Gasteiger charge is 2.28. The maximum atomic E-state index is 10.1. The van der Waals surface area contributed by atoms with E-state index in [1.54, 1.807) is 0 Å². The first-order valence-corrected chi connectivity index (χ1v) is 7.43. The highest BCUT2D eigenvalue weighted by molar-refractivity contribution is 5.20. The number of aliphatic hydroxyl groups is 1. The van der Waals surface area contributed by atoms with Crippen LogP contribution in [0.25, 0.3) is 0 Å². The van der Waals surface area contributed by atoms with Crippen LogP contribution in [0.1, 0.15) is 59.1 Å². The van der Waals surface area contributed by atoms with E-state index in [4.69, 9.17) is 0 Å². The van der Waals surface area contributed by atoms with Gasteiger partial charge in [-0.25, -0.2) is 0 Å². The average molecular weight is 263 g/mol. The van der Waals surface area contributed by atoms with Gasteiger partial charge in [-0.05, 0) is 32.3 Å². The zero-order chi connectivity index (χ0) is 14.5. The molecule has 0 bridgehead atoms. The van der Waals surface area contributed by atoms with Crippen LogP contribution in [-0.2, 0) is 0 Å². The van der Waals surface area contributed by atoms with Crippen molar-refractivity contribution in [3.8, 4) is 0 Å². The minimum Gasteiger partial charge on any atom is -0.389 e. The predicted molar refractivity (Wildman–Crippen MR) is 82.2 cm³/mol. The molecule has 0 aliphatic carbocycles. The molecule has 2 nitrogen and oxygen atoms in total. The number of benzene rings is 1. The Morgan fingerprint density at radius 3 is 2.05 bits per heavy atom. The van der Waals surface area contributed by atoms with Crippen LogP contribution in [0, 0.1) is 5.92 Å². The van der Waals surface area contributed by atoms with E-state index in [9.17, 15) is 5.11 Å². The Hall–Kier alpha value is -0.860. The molecule has 2 heteroatoms. The summed E-state index contributed by atoms with van der Waals surface area (Å²) >= 11 is 0. The molecule has 1 rings (SSSR count). The monoisotopic (exact) mass is 263 g/mol. The highest BCUT2D eigenvalue weighted by atomic mass is 16.3. The molecule has 0 aliphatic rings. The lowest BCUT2D eigenvalue weighted by Gasteiger charge is -2.35. The molecule has 0 amide bonds. The molecule has 2 atom stereocenters. The van der Waals surface area contributed by atoms with Gasteiger partial charge in [-0.15, -0.1) is 0 Å². The van der Waals surface area contributed by atoms with Crippen LogP contribution in [-0.4, -0.2) is 16.7 Å². The molecule has 0 spiro atoms. The Morgan fingerprint density at radius 1 is 1.11 bits per heavy atom. The minimum absolute atomic E-state index is 0.0540. The van der Waals surface area contributed by atoms with E-state index in [-0.39, 0.29) is 6.04 Å². The van der Waals surface area contributed by atoms with Crippen molar-refractivity contribution in [3.05, 3.63) is 35.9 Å². The summed E-state index contributed by atoms with van der Waals surface area (Å²) in [5.74, 6) is 0.590. The zero-order valence-corrected chi connectivity index (χ0v) is 13.0. The zero-order valence-electron chi connectivity index (χ0n) is 13.0.